The van der Waals surface area contributed by atoms with Gasteiger partial charge in [-0.2, -0.15) is 0 Å². The Bertz CT molecular complexity index is 1090. The van der Waals surface area contributed by atoms with Crippen molar-refractivity contribution in [1.82, 2.24) is 0 Å². The van der Waals surface area contributed by atoms with Gasteiger partial charge in [-0.25, -0.2) is 0 Å². The second kappa shape index (κ2) is 9.13. The molecule has 3 heteroatoms. The Balaban J connectivity index is 2.07. The van der Waals surface area contributed by atoms with Gasteiger partial charge in [-0.05, 0) is 0 Å². The molecular formula is C28H25BrClP. The maximum atomic E-state index is 6.56. The van der Waals surface area contributed by atoms with Gasteiger partial charge in [-0.15, -0.1) is 0 Å². The van der Waals surface area contributed by atoms with Crippen LogP contribution in [0.15, 0.2) is 115 Å². The van der Waals surface area contributed by atoms with E-state index in [1.165, 1.54) is 21.5 Å². The van der Waals surface area contributed by atoms with E-state index in [0.29, 0.717) is 0 Å². The van der Waals surface area contributed by atoms with Gasteiger partial charge < -0.3 is 0 Å². The van der Waals surface area contributed by atoms with Gasteiger partial charge in [0.2, 0.25) is 0 Å². The van der Waals surface area contributed by atoms with Crippen LogP contribution in [-0.2, 0) is 6.16 Å². The molecule has 156 valence electrons. The van der Waals surface area contributed by atoms with E-state index >= 15 is 0 Å². The zero-order valence-electron chi connectivity index (χ0n) is 17.5. The zero-order chi connectivity index (χ0) is 21.8. The first-order chi connectivity index (χ1) is 15.0. The van der Waals surface area contributed by atoms with E-state index in [0.717, 1.165) is 16.7 Å². The molecule has 0 heterocycles. The topological polar surface area (TPSA) is 0 Å². The van der Waals surface area contributed by atoms with Crippen molar-refractivity contribution < 1.29 is 0 Å². The summed E-state index contributed by atoms with van der Waals surface area (Å²) >= 11 is 11.1. The molecule has 0 saturated carbocycles. The second-order valence-corrected chi connectivity index (χ2v) is 17.1. The molecule has 0 bridgehead atoms. The normalized spacial score (nSPS) is 13.1. The first kappa shape index (κ1) is 22.0. The molecular weight excluding hydrogens is 483 g/mol. The predicted molar refractivity (Wildman–Crippen MR) is 144 cm³/mol. The van der Waals surface area contributed by atoms with Crippen molar-refractivity contribution in [3.63, 3.8) is 0 Å². The SMILES string of the molecule is C/C=C/c1cc(Cl)cc(CP(Br)(c2ccccc2)(c2ccccc2)c2ccccc2)c1. The van der Waals surface area contributed by atoms with Crippen LogP contribution in [0.5, 0.6) is 0 Å². The van der Waals surface area contributed by atoms with Crippen LogP contribution in [0, 0.1) is 0 Å². The quantitative estimate of drug-likeness (QED) is 0.234. The third-order valence-electron chi connectivity index (χ3n) is 5.70. The Hall–Kier alpha value is -2.18. The van der Waals surface area contributed by atoms with Crippen molar-refractivity contribution in [2.75, 3.05) is 0 Å². The van der Waals surface area contributed by atoms with E-state index in [2.05, 4.69) is 131 Å². The van der Waals surface area contributed by atoms with Crippen LogP contribution in [-0.4, -0.2) is 0 Å². The van der Waals surface area contributed by atoms with Gasteiger partial charge >= 0.3 is 199 Å². The molecule has 0 aliphatic rings. The van der Waals surface area contributed by atoms with Crippen molar-refractivity contribution in [2.24, 2.45) is 0 Å². The summed E-state index contributed by atoms with van der Waals surface area (Å²) in [6.07, 6.45) is 4.98. The van der Waals surface area contributed by atoms with E-state index < -0.39 is 5.31 Å². The Morgan fingerprint density at radius 3 is 1.58 bits per heavy atom. The molecule has 0 saturated heterocycles. The molecule has 4 aromatic carbocycles. The zero-order valence-corrected chi connectivity index (χ0v) is 20.7. The van der Waals surface area contributed by atoms with E-state index in [1.807, 2.05) is 13.0 Å². The molecule has 0 amide bonds. The molecule has 0 aliphatic heterocycles. The van der Waals surface area contributed by atoms with Crippen molar-refractivity contribution in [3.8, 4) is 0 Å². The van der Waals surface area contributed by atoms with Gasteiger partial charge in [0.1, 0.15) is 0 Å². The minimum atomic E-state index is -3.02. The van der Waals surface area contributed by atoms with E-state index in [-0.39, 0.29) is 0 Å². The summed E-state index contributed by atoms with van der Waals surface area (Å²) < 4.78 is 0. The second-order valence-electron chi connectivity index (χ2n) is 7.74. The van der Waals surface area contributed by atoms with Crippen LogP contribution in [0.25, 0.3) is 6.08 Å². The third kappa shape index (κ3) is 4.15. The van der Waals surface area contributed by atoms with Gasteiger partial charge in [0.05, 0.1) is 0 Å². The third-order valence-corrected chi connectivity index (χ3v) is 15.4. The van der Waals surface area contributed by atoms with Crippen molar-refractivity contribution in [2.45, 2.75) is 13.1 Å². The first-order valence-electron chi connectivity index (χ1n) is 10.4. The summed E-state index contributed by atoms with van der Waals surface area (Å²) in [4.78, 5) is 0. The molecule has 0 fully saturated rings. The molecule has 0 atom stereocenters. The Kier molecular flexibility index (Phi) is 6.49. The molecule has 0 aromatic heterocycles. The molecule has 0 aliphatic carbocycles. The van der Waals surface area contributed by atoms with Gasteiger partial charge in [0, 0.05) is 0 Å². The molecule has 0 nitrogen and oxygen atoms in total. The molecule has 0 spiro atoms. The first-order valence-corrected chi connectivity index (χ1v) is 15.2. The van der Waals surface area contributed by atoms with Crippen molar-refractivity contribution in [1.29, 1.82) is 0 Å². The molecule has 0 radical (unpaired) electrons. The fraction of sp³-hybridized carbons (Fsp3) is 0.0714. The molecule has 0 N–H and O–H groups in total. The Morgan fingerprint density at radius 1 is 0.710 bits per heavy atom. The average Bonchev–Trinajstić information content (AvgIpc) is 2.81. The van der Waals surface area contributed by atoms with Crippen molar-refractivity contribution in [3.05, 3.63) is 131 Å². The maximum absolute atomic E-state index is 6.56. The van der Waals surface area contributed by atoms with Gasteiger partial charge in [-0.3, -0.25) is 0 Å². The van der Waals surface area contributed by atoms with E-state index in [1.54, 1.807) is 0 Å². The molecule has 31 heavy (non-hydrogen) atoms. The number of rotatable bonds is 6. The Labute approximate surface area is 198 Å². The predicted octanol–water partition coefficient (Wildman–Crippen LogP) is 7.71. The van der Waals surface area contributed by atoms with Gasteiger partial charge in [-0.1, -0.05) is 0 Å². The average molecular weight is 508 g/mol. The molecule has 0 unspecified atom stereocenters. The summed E-state index contributed by atoms with van der Waals surface area (Å²) in [5.74, 6) is 0. The van der Waals surface area contributed by atoms with Crippen molar-refractivity contribution >= 4 is 54.4 Å². The van der Waals surface area contributed by atoms with Crippen LogP contribution in [0.2, 0.25) is 5.02 Å². The summed E-state index contributed by atoms with van der Waals surface area (Å²) in [6.45, 7) is 2.03. The van der Waals surface area contributed by atoms with Crippen LogP contribution in [0.1, 0.15) is 18.1 Å². The fourth-order valence-corrected chi connectivity index (χ4v) is 12.3. The van der Waals surface area contributed by atoms with Crippen LogP contribution >= 0.6 is 32.4 Å². The minimum absolute atomic E-state index is 0.761. The number of hydrogen-bond acceptors (Lipinski definition) is 0. The summed E-state index contributed by atoms with van der Waals surface area (Å²) in [7, 11) is 0. The summed E-state index contributed by atoms with van der Waals surface area (Å²) in [5, 5.41) is 1.65. The van der Waals surface area contributed by atoms with Crippen LogP contribution in [0.3, 0.4) is 0 Å². The van der Waals surface area contributed by atoms with Gasteiger partial charge in [0.15, 0.2) is 0 Å². The summed E-state index contributed by atoms with van der Waals surface area (Å²) in [6, 6.07) is 38.9. The Morgan fingerprint density at radius 2 is 1.16 bits per heavy atom. The fourth-order valence-electron chi connectivity index (χ4n) is 4.34. The van der Waals surface area contributed by atoms with E-state index in [9.17, 15) is 0 Å². The monoisotopic (exact) mass is 506 g/mol. The summed E-state index contributed by atoms with van der Waals surface area (Å²) in [5.41, 5.74) is 2.34. The molecule has 4 aromatic rings. The number of halogens is 2. The number of allylic oxidation sites excluding steroid dienone is 1. The van der Waals surface area contributed by atoms with E-state index in [4.69, 9.17) is 11.6 Å². The number of benzene rings is 4. The van der Waals surface area contributed by atoms with Crippen LogP contribution in [0.4, 0.5) is 0 Å². The number of hydrogen-bond donors (Lipinski definition) is 0. The van der Waals surface area contributed by atoms with Gasteiger partial charge in [0.25, 0.3) is 0 Å². The standard InChI is InChI=1S/C28H25BrClP/c1-2-12-23-19-24(21-25(30)20-23)22-31(29,26-13-6-3-7-14-26,27-15-8-4-9-16-27)28-17-10-5-11-18-28/h2-21H,22H2,1H3/b12-2+. The molecule has 4 rings (SSSR count). The van der Waals surface area contributed by atoms with Crippen LogP contribution < -0.4 is 15.9 Å².